The van der Waals surface area contributed by atoms with Gasteiger partial charge in [-0.1, -0.05) is 12.1 Å². The average molecular weight is 215 g/mol. The van der Waals surface area contributed by atoms with E-state index < -0.39 is 0 Å². The Morgan fingerprint density at radius 3 is 2.93 bits per heavy atom. The van der Waals surface area contributed by atoms with E-state index in [1.165, 1.54) is 0 Å². The fourth-order valence-corrected chi connectivity index (χ4v) is 1.60. The third-order valence-corrected chi connectivity index (χ3v) is 2.65. The van der Waals surface area contributed by atoms with Crippen LogP contribution in [0.4, 0.5) is 0 Å². The lowest BCUT2D eigenvalue weighted by Gasteiger charge is -2.09. The lowest BCUT2D eigenvalue weighted by atomic mass is 10.1. The van der Waals surface area contributed by atoms with Gasteiger partial charge >= 0.3 is 0 Å². The quantitative estimate of drug-likeness (QED) is 0.779. The molecule has 0 spiro atoms. The molecule has 0 aromatic carbocycles. The number of aromatic nitrogens is 2. The summed E-state index contributed by atoms with van der Waals surface area (Å²) in [5.74, 6) is 2.34. The monoisotopic (exact) mass is 215 g/mol. The first-order valence-electron chi connectivity index (χ1n) is 4.77. The first kappa shape index (κ1) is 11.5. The molecule has 0 amide bonds. The second-order valence-electron chi connectivity index (χ2n) is 3.14. The van der Waals surface area contributed by atoms with Crippen molar-refractivity contribution < 1.29 is 4.52 Å². The molecule has 14 heavy (non-hydrogen) atoms. The van der Waals surface area contributed by atoms with Crippen molar-refractivity contribution in [2.45, 2.75) is 31.6 Å². The van der Waals surface area contributed by atoms with Crippen molar-refractivity contribution in [2.24, 2.45) is 0 Å². The maximum atomic E-state index is 5.14. The molecule has 1 aromatic rings. The maximum Gasteiger partial charge on any atom is 0.228 e. The second kappa shape index (κ2) is 6.03. The van der Waals surface area contributed by atoms with Crippen LogP contribution in [0.5, 0.6) is 0 Å². The van der Waals surface area contributed by atoms with Crippen LogP contribution in [0.3, 0.4) is 0 Å². The molecule has 0 aliphatic heterocycles. The summed E-state index contributed by atoms with van der Waals surface area (Å²) in [6.07, 6.45) is 3.91. The zero-order valence-electron chi connectivity index (χ0n) is 8.91. The molecule has 5 heteroatoms. The van der Waals surface area contributed by atoms with Gasteiger partial charge in [0.1, 0.15) is 0 Å². The Morgan fingerprint density at radius 1 is 1.57 bits per heavy atom. The van der Waals surface area contributed by atoms with E-state index in [1.807, 2.05) is 13.3 Å². The predicted octanol–water partition coefficient (Wildman–Crippen LogP) is 1.47. The number of thioether (sulfide) groups is 1. The van der Waals surface area contributed by atoms with E-state index in [4.69, 9.17) is 4.52 Å². The van der Waals surface area contributed by atoms with Crippen molar-refractivity contribution in [3.8, 4) is 0 Å². The number of nitrogens with zero attached hydrogens (tertiary/aromatic N) is 2. The molecule has 0 radical (unpaired) electrons. The Kier molecular flexibility index (Phi) is 4.97. The Bertz CT molecular complexity index is 260. The van der Waals surface area contributed by atoms with Crippen LogP contribution < -0.4 is 5.32 Å². The summed E-state index contributed by atoms with van der Waals surface area (Å²) in [6.45, 7) is 2.14. The average Bonchev–Trinajstić information content (AvgIpc) is 2.63. The lowest BCUT2D eigenvalue weighted by Crippen LogP contribution is -2.26. The molecule has 0 fully saturated rings. The van der Waals surface area contributed by atoms with Crippen molar-refractivity contribution in [1.82, 2.24) is 15.5 Å². The molecule has 80 valence electrons. The first-order valence-corrected chi connectivity index (χ1v) is 6.17. The highest BCUT2D eigenvalue weighted by molar-refractivity contribution is 7.97. The van der Waals surface area contributed by atoms with Gasteiger partial charge in [0.25, 0.3) is 0 Å². The molecule has 1 aromatic heterocycles. The Morgan fingerprint density at radius 2 is 2.36 bits per heavy atom. The summed E-state index contributed by atoms with van der Waals surface area (Å²) in [6, 6.07) is 0.428. The Labute approximate surface area is 88.8 Å². The van der Waals surface area contributed by atoms with Crippen molar-refractivity contribution in [2.75, 3.05) is 13.3 Å². The van der Waals surface area contributed by atoms with Gasteiger partial charge in [-0.15, -0.1) is 0 Å². The van der Waals surface area contributed by atoms with Gasteiger partial charge in [0.2, 0.25) is 5.89 Å². The van der Waals surface area contributed by atoms with E-state index in [9.17, 15) is 0 Å². The van der Waals surface area contributed by atoms with Gasteiger partial charge in [-0.05, 0) is 19.7 Å². The minimum absolute atomic E-state index is 0.428. The third-order valence-electron chi connectivity index (χ3n) is 2.11. The summed E-state index contributed by atoms with van der Waals surface area (Å²) in [4.78, 5) is 4.30. The fraction of sp³-hybridized carbons (Fsp3) is 0.778. The topological polar surface area (TPSA) is 51.0 Å². The van der Waals surface area contributed by atoms with Crippen LogP contribution in [0.25, 0.3) is 0 Å². The number of hydrogen-bond acceptors (Lipinski definition) is 5. The van der Waals surface area contributed by atoms with Crippen LogP contribution in [0.1, 0.15) is 25.1 Å². The lowest BCUT2D eigenvalue weighted by molar-refractivity contribution is 0.356. The number of hydrogen-bond donors (Lipinski definition) is 1. The fourth-order valence-electron chi connectivity index (χ4n) is 1.22. The van der Waals surface area contributed by atoms with Crippen molar-refractivity contribution in [1.29, 1.82) is 0 Å². The van der Waals surface area contributed by atoms with Gasteiger partial charge in [0.05, 0.1) is 5.75 Å². The number of nitrogens with one attached hydrogen (secondary N) is 1. The summed E-state index contributed by atoms with van der Waals surface area (Å²) >= 11 is 1.70. The van der Waals surface area contributed by atoms with E-state index in [-0.39, 0.29) is 0 Å². The minimum Gasteiger partial charge on any atom is -0.339 e. The van der Waals surface area contributed by atoms with Crippen LogP contribution >= 0.6 is 11.8 Å². The normalized spacial score (nSPS) is 13.1. The molecular formula is C9H17N3OS. The summed E-state index contributed by atoms with van der Waals surface area (Å²) < 4.78 is 5.14. The highest BCUT2D eigenvalue weighted by Gasteiger charge is 2.10. The minimum atomic E-state index is 0.428. The van der Waals surface area contributed by atoms with Crippen molar-refractivity contribution in [3.63, 3.8) is 0 Å². The van der Waals surface area contributed by atoms with Crippen LogP contribution in [-0.4, -0.2) is 29.5 Å². The van der Waals surface area contributed by atoms with Gasteiger partial charge in [0.15, 0.2) is 5.82 Å². The van der Waals surface area contributed by atoms with Gasteiger partial charge in [-0.2, -0.15) is 16.7 Å². The molecule has 1 unspecified atom stereocenters. The molecule has 0 aliphatic carbocycles. The van der Waals surface area contributed by atoms with Crippen LogP contribution in [-0.2, 0) is 12.2 Å². The zero-order valence-corrected chi connectivity index (χ0v) is 9.73. The summed E-state index contributed by atoms with van der Waals surface area (Å²) in [5, 5.41) is 7.10. The molecule has 0 saturated heterocycles. The molecule has 1 heterocycles. The molecule has 0 bridgehead atoms. The predicted molar refractivity (Wildman–Crippen MR) is 58.4 cm³/mol. The number of likely N-dealkylation sites (N-methyl/N-ethyl adjacent to an activating group) is 1. The summed E-state index contributed by atoms with van der Waals surface area (Å²) in [7, 11) is 1.95. The molecule has 0 saturated carbocycles. The molecule has 4 nitrogen and oxygen atoms in total. The second-order valence-corrected chi connectivity index (χ2v) is 4.00. The first-order chi connectivity index (χ1) is 6.80. The SMILES string of the molecule is CCC(Cc1nc(CSC)no1)NC. The standard InChI is InChI=1S/C9H17N3OS/c1-4-7(10-2)5-9-11-8(6-14-3)12-13-9/h7,10H,4-6H2,1-3H3. The largest absolute Gasteiger partial charge is 0.339 e. The van der Waals surface area contributed by atoms with E-state index >= 15 is 0 Å². The Balaban J connectivity index is 2.49. The maximum absolute atomic E-state index is 5.14. The highest BCUT2D eigenvalue weighted by atomic mass is 32.2. The smallest absolute Gasteiger partial charge is 0.228 e. The molecule has 1 N–H and O–H groups in total. The molecule has 1 rings (SSSR count). The number of rotatable bonds is 6. The molecular weight excluding hydrogens is 198 g/mol. The van der Waals surface area contributed by atoms with Gasteiger partial charge in [-0.3, -0.25) is 0 Å². The highest BCUT2D eigenvalue weighted by Crippen LogP contribution is 2.07. The van der Waals surface area contributed by atoms with Crippen molar-refractivity contribution in [3.05, 3.63) is 11.7 Å². The Hall–Kier alpha value is -0.550. The molecule has 1 atom stereocenters. The van der Waals surface area contributed by atoms with E-state index in [0.717, 1.165) is 30.3 Å². The van der Waals surface area contributed by atoms with Gasteiger partial charge < -0.3 is 9.84 Å². The van der Waals surface area contributed by atoms with E-state index in [0.29, 0.717) is 6.04 Å². The van der Waals surface area contributed by atoms with Gasteiger partial charge in [-0.25, -0.2) is 0 Å². The van der Waals surface area contributed by atoms with E-state index in [1.54, 1.807) is 11.8 Å². The third kappa shape index (κ3) is 3.31. The van der Waals surface area contributed by atoms with Gasteiger partial charge in [0, 0.05) is 12.5 Å². The van der Waals surface area contributed by atoms with Crippen molar-refractivity contribution >= 4 is 11.8 Å². The van der Waals surface area contributed by atoms with Crippen LogP contribution in [0.15, 0.2) is 4.52 Å². The van der Waals surface area contributed by atoms with Crippen LogP contribution in [0.2, 0.25) is 0 Å². The van der Waals surface area contributed by atoms with E-state index in [2.05, 4.69) is 22.4 Å². The molecule has 0 aliphatic rings. The summed E-state index contributed by atoms with van der Waals surface area (Å²) in [5.41, 5.74) is 0. The zero-order chi connectivity index (χ0) is 10.4. The van der Waals surface area contributed by atoms with Crippen LogP contribution in [0, 0.1) is 0 Å².